The van der Waals surface area contributed by atoms with E-state index in [1.807, 2.05) is 30.3 Å². The molecule has 0 spiro atoms. The summed E-state index contributed by atoms with van der Waals surface area (Å²) in [5.41, 5.74) is 7.80. The monoisotopic (exact) mass is 343 g/mol. The lowest BCUT2D eigenvalue weighted by Crippen LogP contribution is -2.41. The van der Waals surface area contributed by atoms with Crippen LogP contribution in [0.2, 0.25) is 0 Å². The van der Waals surface area contributed by atoms with Crippen LogP contribution in [0.4, 0.5) is 0 Å². The van der Waals surface area contributed by atoms with Gasteiger partial charge in [-0.25, -0.2) is 0 Å². The minimum absolute atomic E-state index is 0. The van der Waals surface area contributed by atoms with Gasteiger partial charge in [-0.15, -0.1) is 24.8 Å². The van der Waals surface area contributed by atoms with E-state index in [4.69, 9.17) is 5.73 Å². The Morgan fingerprint density at radius 3 is 2.59 bits per heavy atom. The topological polar surface area (TPSA) is 68.0 Å². The summed E-state index contributed by atoms with van der Waals surface area (Å²) in [6.45, 7) is 4.57. The van der Waals surface area contributed by atoms with Gasteiger partial charge in [-0.05, 0) is 24.0 Å². The number of hydrogen-bond acceptors (Lipinski definition) is 3. The van der Waals surface area contributed by atoms with Crippen molar-refractivity contribution >= 4 is 41.6 Å². The molecule has 1 amide bonds. The van der Waals surface area contributed by atoms with E-state index < -0.39 is 6.04 Å². The Morgan fingerprint density at radius 1 is 1.23 bits per heavy atom. The van der Waals surface area contributed by atoms with Crippen molar-refractivity contribution in [2.75, 3.05) is 0 Å². The molecule has 1 atom stereocenters. The molecule has 0 saturated carbocycles. The summed E-state index contributed by atoms with van der Waals surface area (Å²) >= 11 is 0. The number of carbonyl (C=O) groups excluding carboxylic acids is 1. The van der Waals surface area contributed by atoms with Gasteiger partial charge in [0.25, 0.3) is 0 Å². The molecule has 2 rings (SSSR count). The molecule has 0 bridgehead atoms. The lowest BCUT2D eigenvalue weighted by atomic mass is 10.0. The summed E-state index contributed by atoms with van der Waals surface area (Å²) < 4.78 is 0. The Balaban J connectivity index is 0.00000220. The molecule has 0 aliphatic carbocycles. The average molecular weight is 344 g/mol. The zero-order chi connectivity index (χ0) is 14.5. The number of nitrogens with zero attached hydrogens (tertiary/aromatic N) is 1. The van der Waals surface area contributed by atoms with Crippen molar-refractivity contribution in [3.8, 4) is 0 Å². The number of nitrogens with two attached hydrogens (primary N) is 1. The Morgan fingerprint density at radius 2 is 1.91 bits per heavy atom. The Labute approximate surface area is 143 Å². The van der Waals surface area contributed by atoms with Crippen molar-refractivity contribution in [3.05, 3.63) is 42.1 Å². The Hall–Kier alpha value is -1.36. The molecule has 1 aromatic heterocycles. The number of pyridine rings is 1. The van der Waals surface area contributed by atoms with Crippen LogP contribution in [-0.2, 0) is 11.3 Å². The number of aromatic nitrogens is 1. The van der Waals surface area contributed by atoms with Crippen LogP contribution in [0.3, 0.4) is 0 Å². The quantitative estimate of drug-likeness (QED) is 0.876. The van der Waals surface area contributed by atoms with Gasteiger partial charge in [0.2, 0.25) is 5.91 Å². The number of para-hydroxylation sites is 1. The molecular formula is C16H23Cl2N3O. The van der Waals surface area contributed by atoms with Crippen LogP contribution < -0.4 is 11.1 Å². The number of carbonyl (C=O) groups is 1. The third-order valence-electron chi connectivity index (χ3n) is 3.23. The van der Waals surface area contributed by atoms with Crippen molar-refractivity contribution in [2.45, 2.75) is 32.9 Å². The van der Waals surface area contributed by atoms with Crippen LogP contribution in [0.5, 0.6) is 0 Å². The maximum Gasteiger partial charge on any atom is 0.237 e. The average Bonchev–Trinajstić information content (AvgIpc) is 2.44. The van der Waals surface area contributed by atoms with E-state index in [-0.39, 0.29) is 30.7 Å². The number of halogens is 2. The van der Waals surface area contributed by atoms with Crippen LogP contribution in [-0.4, -0.2) is 16.9 Å². The normalized spacial score (nSPS) is 11.5. The van der Waals surface area contributed by atoms with Crippen molar-refractivity contribution in [1.82, 2.24) is 10.3 Å². The number of amides is 1. The van der Waals surface area contributed by atoms with E-state index in [1.54, 1.807) is 6.20 Å². The first-order valence-corrected chi connectivity index (χ1v) is 6.94. The summed E-state index contributed by atoms with van der Waals surface area (Å²) in [6.07, 6.45) is 2.46. The largest absolute Gasteiger partial charge is 0.351 e. The fourth-order valence-electron chi connectivity index (χ4n) is 2.24. The maximum absolute atomic E-state index is 11.9. The molecule has 1 heterocycles. The first kappa shape index (κ1) is 20.6. The van der Waals surface area contributed by atoms with Gasteiger partial charge in [0.05, 0.1) is 11.6 Å². The molecule has 0 aliphatic rings. The highest BCUT2D eigenvalue weighted by Crippen LogP contribution is 2.15. The Bertz CT molecular complexity index is 599. The van der Waals surface area contributed by atoms with E-state index in [9.17, 15) is 4.79 Å². The third-order valence-corrected chi connectivity index (χ3v) is 3.23. The fourth-order valence-corrected chi connectivity index (χ4v) is 2.24. The molecule has 0 radical (unpaired) electrons. The molecule has 6 heteroatoms. The van der Waals surface area contributed by atoms with Gasteiger partial charge in [-0.1, -0.05) is 38.1 Å². The van der Waals surface area contributed by atoms with Crippen LogP contribution in [0.15, 0.2) is 36.5 Å². The molecule has 2 aromatic rings. The smallest absolute Gasteiger partial charge is 0.237 e. The van der Waals surface area contributed by atoms with E-state index in [1.165, 1.54) is 0 Å². The summed E-state index contributed by atoms with van der Waals surface area (Å²) in [7, 11) is 0. The van der Waals surface area contributed by atoms with E-state index in [2.05, 4.69) is 24.1 Å². The molecule has 22 heavy (non-hydrogen) atoms. The molecule has 1 aromatic carbocycles. The molecule has 0 aliphatic heterocycles. The second-order valence-corrected chi connectivity index (χ2v) is 5.45. The molecule has 0 saturated heterocycles. The highest BCUT2D eigenvalue weighted by Gasteiger charge is 2.14. The third kappa shape index (κ3) is 5.44. The van der Waals surface area contributed by atoms with Crippen molar-refractivity contribution in [1.29, 1.82) is 0 Å². The summed E-state index contributed by atoms with van der Waals surface area (Å²) in [5, 5.41) is 3.97. The van der Waals surface area contributed by atoms with Gasteiger partial charge in [-0.3, -0.25) is 9.78 Å². The first-order chi connectivity index (χ1) is 9.58. The molecule has 4 nitrogen and oxygen atoms in total. The predicted octanol–water partition coefficient (Wildman–Crippen LogP) is 3.07. The molecule has 122 valence electrons. The minimum Gasteiger partial charge on any atom is -0.351 e. The van der Waals surface area contributed by atoms with Crippen LogP contribution in [0.25, 0.3) is 10.9 Å². The second kappa shape index (κ2) is 9.62. The predicted molar refractivity (Wildman–Crippen MR) is 95.5 cm³/mol. The number of fused-ring (bicyclic) bond motifs is 1. The number of nitrogens with one attached hydrogen (secondary N) is 1. The van der Waals surface area contributed by atoms with Gasteiger partial charge in [0.15, 0.2) is 0 Å². The minimum atomic E-state index is -0.446. The summed E-state index contributed by atoms with van der Waals surface area (Å²) in [4.78, 5) is 16.3. The highest BCUT2D eigenvalue weighted by atomic mass is 35.5. The van der Waals surface area contributed by atoms with Gasteiger partial charge >= 0.3 is 0 Å². The van der Waals surface area contributed by atoms with Crippen molar-refractivity contribution < 1.29 is 4.79 Å². The maximum atomic E-state index is 11.9. The fraction of sp³-hybridized carbons (Fsp3) is 0.375. The van der Waals surface area contributed by atoms with Crippen molar-refractivity contribution in [3.63, 3.8) is 0 Å². The van der Waals surface area contributed by atoms with Crippen LogP contribution in [0, 0.1) is 5.92 Å². The van der Waals surface area contributed by atoms with E-state index in [0.717, 1.165) is 16.5 Å². The first-order valence-electron chi connectivity index (χ1n) is 6.94. The zero-order valence-corrected chi connectivity index (χ0v) is 14.4. The SMILES string of the molecule is CC(C)C[C@H](N)C(=O)NCc1cccc2cccnc12.Cl.Cl. The molecule has 0 fully saturated rings. The summed E-state index contributed by atoms with van der Waals surface area (Å²) in [5.74, 6) is 0.307. The van der Waals surface area contributed by atoms with Gasteiger partial charge in [0.1, 0.15) is 0 Å². The Kier molecular flexibility index (Phi) is 9.02. The van der Waals surface area contributed by atoms with E-state index in [0.29, 0.717) is 18.9 Å². The van der Waals surface area contributed by atoms with Gasteiger partial charge in [0, 0.05) is 18.1 Å². The molecule has 0 unspecified atom stereocenters. The lowest BCUT2D eigenvalue weighted by molar-refractivity contribution is -0.122. The zero-order valence-electron chi connectivity index (χ0n) is 12.8. The summed E-state index contributed by atoms with van der Waals surface area (Å²) in [6, 6.07) is 9.43. The van der Waals surface area contributed by atoms with Gasteiger partial charge in [-0.2, -0.15) is 0 Å². The van der Waals surface area contributed by atoms with Crippen LogP contribution >= 0.6 is 24.8 Å². The standard InChI is InChI=1S/C16H21N3O.2ClH/c1-11(2)9-14(17)16(20)19-10-13-6-3-5-12-7-4-8-18-15(12)13;;/h3-8,11,14H,9-10,17H2,1-2H3,(H,19,20);2*1H/t14-;;/m0../s1. The molecule has 3 N–H and O–H groups in total. The molecular weight excluding hydrogens is 321 g/mol. The number of rotatable bonds is 5. The number of benzene rings is 1. The van der Waals surface area contributed by atoms with E-state index >= 15 is 0 Å². The van der Waals surface area contributed by atoms with Crippen molar-refractivity contribution in [2.24, 2.45) is 11.7 Å². The van der Waals surface area contributed by atoms with Crippen LogP contribution in [0.1, 0.15) is 25.8 Å². The number of hydrogen-bond donors (Lipinski definition) is 2. The second-order valence-electron chi connectivity index (χ2n) is 5.45. The lowest BCUT2D eigenvalue weighted by Gasteiger charge is -2.14. The van der Waals surface area contributed by atoms with Gasteiger partial charge < -0.3 is 11.1 Å². The highest BCUT2D eigenvalue weighted by molar-refractivity contribution is 5.86.